The van der Waals surface area contributed by atoms with Crippen LogP contribution in [0.5, 0.6) is 0 Å². The first-order valence-electron chi connectivity index (χ1n) is 13.4. The van der Waals surface area contributed by atoms with Crippen LogP contribution in [0.1, 0.15) is 60.8 Å². The lowest BCUT2D eigenvalue weighted by molar-refractivity contribution is -0.0366. The highest BCUT2D eigenvalue weighted by atomic mass is 35.5. The van der Waals surface area contributed by atoms with Gasteiger partial charge in [-0.15, -0.1) is 0 Å². The van der Waals surface area contributed by atoms with Crippen molar-refractivity contribution in [2.75, 3.05) is 11.9 Å². The van der Waals surface area contributed by atoms with Gasteiger partial charge < -0.3 is 14.5 Å². The van der Waals surface area contributed by atoms with Crippen molar-refractivity contribution in [3.8, 4) is 11.3 Å². The van der Waals surface area contributed by atoms with Crippen LogP contribution in [0.4, 0.5) is 5.69 Å². The van der Waals surface area contributed by atoms with Gasteiger partial charge in [-0.25, -0.2) is 9.67 Å². The van der Waals surface area contributed by atoms with E-state index >= 15 is 0 Å². The number of benzene rings is 2. The second kappa shape index (κ2) is 10.1. The number of rotatable bonds is 5. The molecule has 0 radical (unpaired) electrons. The van der Waals surface area contributed by atoms with Gasteiger partial charge in [0.15, 0.2) is 11.7 Å². The van der Waals surface area contributed by atoms with Gasteiger partial charge in [0.1, 0.15) is 16.5 Å². The van der Waals surface area contributed by atoms with Crippen LogP contribution in [0.3, 0.4) is 0 Å². The van der Waals surface area contributed by atoms with Gasteiger partial charge in [-0.1, -0.05) is 29.8 Å². The van der Waals surface area contributed by atoms with Crippen molar-refractivity contribution in [1.29, 1.82) is 0 Å². The summed E-state index contributed by atoms with van der Waals surface area (Å²) in [5.41, 5.74) is 6.50. The van der Waals surface area contributed by atoms with E-state index in [4.69, 9.17) is 20.8 Å². The van der Waals surface area contributed by atoms with Gasteiger partial charge in [0, 0.05) is 28.7 Å². The highest BCUT2D eigenvalue weighted by molar-refractivity contribution is 6.29. The second-order valence-corrected chi connectivity index (χ2v) is 10.8. The maximum atomic E-state index is 13.7. The zero-order chi connectivity index (χ0) is 27.3. The van der Waals surface area contributed by atoms with Crippen LogP contribution < -0.4 is 10.7 Å². The fraction of sp³-hybridized carbons (Fsp3) is 0.323. The molecule has 0 spiro atoms. The summed E-state index contributed by atoms with van der Waals surface area (Å²) in [6.45, 7) is 8.53. The smallest absolute Gasteiger partial charge is 0.196 e. The summed E-state index contributed by atoms with van der Waals surface area (Å²) in [4.78, 5) is 18.0. The molecule has 5 aromatic rings. The standard InChI is InChI=1S/C31H31ClN4O3/c1-17-13-23(19(3)34-25-10-11-27(32)35-20(25)4)31-24(14-17)29(37)18(2)30(39-31)21-8-9-22-16-33-36(26(22)15-21)28-7-5-6-12-38-28/h8-11,13-16,19,28,34H,5-7,12H2,1-4H3. The zero-order valence-electron chi connectivity index (χ0n) is 22.5. The Morgan fingerprint density at radius 3 is 2.72 bits per heavy atom. The minimum Gasteiger partial charge on any atom is -0.455 e. The molecule has 200 valence electrons. The molecule has 0 amide bonds. The van der Waals surface area contributed by atoms with Gasteiger partial charge in [0.25, 0.3) is 0 Å². The summed E-state index contributed by atoms with van der Waals surface area (Å²) in [7, 11) is 0. The molecule has 8 heteroatoms. The summed E-state index contributed by atoms with van der Waals surface area (Å²) in [6.07, 6.45) is 4.91. The molecule has 39 heavy (non-hydrogen) atoms. The number of anilines is 1. The first-order chi connectivity index (χ1) is 18.8. The Balaban J connectivity index is 1.47. The Morgan fingerprint density at radius 1 is 1.10 bits per heavy atom. The number of nitrogens with one attached hydrogen (secondary N) is 1. The minimum atomic E-state index is -0.153. The van der Waals surface area contributed by atoms with Crippen LogP contribution in [-0.2, 0) is 4.74 Å². The van der Waals surface area contributed by atoms with Crippen molar-refractivity contribution in [1.82, 2.24) is 14.8 Å². The van der Waals surface area contributed by atoms with E-state index in [-0.39, 0.29) is 17.7 Å². The third-order valence-electron chi connectivity index (χ3n) is 7.57. The summed E-state index contributed by atoms with van der Waals surface area (Å²) in [5.74, 6) is 0.563. The molecule has 7 nitrogen and oxygen atoms in total. The second-order valence-electron chi connectivity index (χ2n) is 10.4. The lowest BCUT2D eigenvalue weighted by atomic mass is 9.98. The highest BCUT2D eigenvalue weighted by Gasteiger charge is 2.22. The number of ether oxygens (including phenoxy) is 1. The Hall–Kier alpha value is -3.68. The first-order valence-corrected chi connectivity index (χ1v) is 13.7. The van der Waals surface area contributed by atoms with E-state index in [9.17, 15) is 4.79 Å². The van der Waals surface area contributed by atoms with E-state index < -0.39 is 0 Å². The molecule has 2 atom stereocenters. The van der Waals surface area contributed by atoms with Crippen LogP contribution in [0.15, 0.2) is 57.9 Å². The fourth-order valence-corrected chi connectivity index (χ4v) is 5.67. The van der Waals surface area contributed by atoms with Crippen LogP contribution >= 0.6 is 11.6 Å². The molecule has 1 aliphatic rings. The third kappa shape index (κ3) is 4.70. The number of fused-ring (bicyclic) bond motifs is 2. The van der Waals surface area contributed by atoms with E-state index in [1.807, 2.05) is 55.9 Å². The Morgan fingerprint density at radius 2 is 1.95 bits per heavy atom. The molecule has 1 aliphatic heterocycles. The van der Waals surface area contributed by atoms with Gasteiger partial charge >= 0.3 is 0 Å². The van der Waals surface area contributed by atoms with Crippen molar-refractivity contribution in [2.45, 2.75) is 59.2 Å². The highest BCUT2D eigenvalue weighted by Crippen LogP contribution is 2.34. The molecule has 1 fully saturated rings. The lowest BCUT2D eigenvalue weighted by Gasteiger charge is -2.23. The van der Waals surface area contributed by atoms with Crippen molar-refractivity contribution >= 4 is 39.2 Å². The molecule has 6 rings (SSSR count). The molecule has 0 saturated carbocycles. The van der Waals surface area contributed by atoms with Crippen molar-refractivity contribution in [3.05, 3.63) is 86.4 Å². The zero-order valence-corrected chi connectivity index (χ0v) is 23.3. The number of halogens is 1. The van der Waals surface area contributed by atoms with E-state index in [1.165, 1.54) is 0 Å². The normalized spacial score (nSPS) is 16.6. The molecular formula is C31H31ClN4O3. The SMILES string of the molecule is Cc1cc(C(C)Nc2ccc(Cl)nc2C)c2oc(-c3ccc4cnn(C5CCCCO5)c4c3)c(C)c(=O)c2c1. The molecule has 3 aromatic heterocycles. The van der Waals surface area contributed by atoms with E-state index in [1.54, 1.807) is 6.07 Å². The Labute approximate surface area is 231 Å². The van der Waals surface area contributed by atoms with Crippen LogP contribution in [0.2, 0.25) is 5.15 Å². The lowest BCUT2D eigenvalue weighted by Crippen LogP contribution is -2.18. The van der Waals surface area contributed by atoms with Crippen molar-refractivity contribution in [2.24, 2.45) is 0 Å². The van der Waals surface area contributed by atoms with Gasteiger partial charge in [-0.2, -0.15) is 5.10 Å². The maximum absolute atomic E-state index is 13.7. The summed E-state index contributed by atoms with van der Waals surface area (Å²) < 4.78 is 14.6. The Bertz CT molecular complexity index is 1770. The van der Waals surface area contributed by atoms with Gasteiger partial charge in [0.2, 0.25) is 0 Å². The Kier molecular flexibility index (Phi) is 6.65. The van der Waals surface area contributed by atoms with Crippen LogP contribution in [0.25, 0.3) is 33.2 Å². The van der Waals surface area contributed by atoms with Gasteiger partial charge in [0.05, 0.1) is 34.5 Å². The molecule has 1 N–H and O–H groups in total. The molecular weight excluding hydrogens is 512 g/mol. The molecule has 0 aliphatic carbocycles. The van der Waals surface area contributed by atoms with Crippen LogP contribution in [-0.4, -0.2) is 21.4 Å². The fourth-order valence-electron chi connectivity index (χ4n) is 5.48. The number of pyridine rings is 1. The average Bonchev–Trinajstić information content (AvgIpc) is 3.36. The first kappa shape index (κ1) is 25.6. The number of aryl methyl sites for hydroxylation is 2. The maximum Gasteiger partial charge on any atom is 0.196 e. The number of nitrogens with zero attached hydrogens (tertiary/aromatic N) is 3. The molecule has 2 unspecified atom stereocenters. The summed E-state index contributed by atoms with van der Waals surface area (Å²) in [5, 5.41) is 10.2. The van der Waals surface area contributed by atoms with E-state index in [2.05, 4.69) is 34.5 Å². The topological polar surface area (TPSA) is 82.2 Å². The van der Waals surface area contributed by atoms with Gasteiger partial charge in [-0.3, -0.25) is 4.79 Å². The van der Waals surface area contributed by atoms with Gasteiger partial charge in [-0.05, 0) is 76.8 Å². The minimum absolute atomic E-state index is 0.0306. The van der Waals surface area contributed by atoms with Crippen LogP contribution in [0, 0.1) is 20.8 Å². The third-order valence-corrected chi connectivity index (χ3v) is 7.78. The number of hydrogen-bond donors (Lipinski definition) is 1. The summed E-state index contributed by atoms with van der Waals surface area (Å²) >= 11 is 6.06. The average molecular weight is 543 g/mol. The predicted octanol–water partition coefficient (Wildman–Crippen LogP) is 7.66. The molecule has 1 saturated heterocycles. The molecule has 0 bridgehead atoms. The number of aromatic nitrogens is 3. The van der Waals surface area contributed by atoms with E-state index in [0.29, 0.717) is 27.4 Å². The number of hydrogen-bond acceptors (Lipinski definition) is 6. The molecule has 2 aromatic carbocycles. The predicted molar refractivity (Wildman–Crippen MR) is 156 cm³/mol. The monoisotopic (exact) mass is 542 g/mol. The largest absolute Gasteiger partial charge is 0.455 e. The molecule has 4 heterocycles. The van der Waals surface area contributed by atoms with E-state index in [0.717, 1.165) is 64.8 Å². The van der Waals surface area contributed by atoms with Crippen molar-refractivity contribution < 1.29 is 9.15 Å². The quantitative estimate of drug-likeness (QED) is 0.230. The van der Waals surface area contributed by atoms with Crippen molar-refractivity contribution in [3.63, 3.8) is 0 Å². The summed E-state index contributed by atoms with van der Waals surface area (Å²) in [6, 6.07) is 13.6.